The van der Waals surface area contributed by atoms with E-state index in [1.54, 1.807) is 24.3 Å². The largest absolute Gasteiger partial charge is 0.388 e. The van der Waals surface area contributed by atoms with Gasteiger partial charge in [-0.1, -0.05) is 12.1 Å². The molecule has 0 saturated heterocycles. The molecule has 156 valence electrons. The van der Waals surface area contributed by atoms with Crippen molar-refractivity contribution < 1.29 is 23.1 Å². The summed E-state index contributed by atoms with van der Waals surface area (Å²) < 4.78 is 25.3. The summed E-state index contributed by atoms with van der Waals surface area (Å²) >= 11 is 1.42. The van der Waals surface area contributed by atoms with Gasteiger partial charge in [0.05, 0.1) is 18.0 Å². The minimum absolute atomic E-state index is 0.150. The maximum absolute atomic E-state index is 12.1. The molecule has 29 heavy (non-hydrogen) atoms. The minimum Gasteiger partial charge on any atom is -0.388 e. The summed E-state index contributed by atoms with van der Waals surface area (Å²) in [6.45, 7) is 0.535. The Balaban J connectivity index is 1.58. The van der Waals surface area contributed by atoms with Gasteiger partial charge in [-0.15, -0.1) is 11.3 Å². The van der Waals surface area contributed by atoms with Gasteiger partial charge in [0.1, 0.15) is 0 Å². The monoisotopic (exact) mass is 437 g/mol. The molecule has 3 rings (SSSR count). The number of amides is 2. The first-order valence-corrected chi connectivity index (χ1v) is 11.9. The molecule has 1 atom stereocenters. The molecule has 3 N–H and O–H groups in total. The summed E-state index contributed by atoms with van der Waals surface area (Å²) in [4.78, 5) is 25.0. The van der Waals surface area contributed by atoms with Crippen LogP contribution in [-0.2, 0) is 26.0 Å². The van der Waals surface area contributed by atoms with Gasteiger partial charge in [-0.05, 0) is 48.4 Å². The van der Waals surface area contributed by atoms with Gasteiger partial charge >= 0.3 is 11.8 Å². The fourth-order valence-corrected chi connectivity index (χ4v) is 4.91. The van der Waals surface area contributed by atoms with E-state index >= 15 is 0 Å². The van der Waals surface area contributed by atoms with Crippen molar-refractivity contribution in [3.8, 4) is 0 Å². The van der Waals surface area contributed by atoms with Gasteiger partial charge in [0.25, 0.3) is 0 Å². The predicted molar refractivity (Wildman–Crippen MR) is 112 cm³/mol. The Morgan fingerprint density at radius 3 is 2.76 bits per heavy atom. The van der Waals surface area contributed by atoms with Gasteiger partial charge in [-0.2, -0.15) is 0 Å². The molecule has 0 radical (unpaired) electrons. The number of carbonyl (C=O) groups is 2. The van der Waals surface area contributed by atoms with Gasteiger partial charge in [0.15, 0.2) is 0 Å². The van der Waals surface area contributed by atoms with Crippen LogP contribution in [0, 0.1) is 0 Å². The van der Waals surface area contributed by atoms with E-state index in [0.717, 1.165) is 29.5 Å². The van der Waals surface area contributed by atoms with Crippen LogP contribution in [-0.4, -0.2) is 44.7 Å². The number of aliphatic hydroxyl groups is 1. The first kappa shape index (κ1) is 21.3. The zero-order chi connectivity index (χ0) is 21.0. The van der Waals surface area contributed by atoms with Gasteiger partial charge < -0.3 is 15.7 Å². The molecule has 2 aromatic rings. The highest BCUT2D eigenvalue weighted by molar-refractivity contribution is 7.92. The summed E-state index contributed by atoms with van der Waals surface area (Å²) in [6.07, 6.45) is 2.22. The number of aryl methyl sites for hydroxylation is 1. The maximum atomic E-state index is 12.1. The number of benzene rings is 1. The number of aliphatic hydroxyl groups excluding tert-OH is 1. The molecule has 0 spiro atoms. The number of hydrogen-bond donors (Lipinski definition) is 3. The third-order valence-corrected chi connectivity index (χ3v) is 6.75. The second kappa shape index (κ2) is 8.93. The van der Waals surface area contributed by atoms with E-state index in [4.69, 9.17) is 0 Å². The lowest BCUT2D eigenvalue weighted by Crippen LogP contribution is -2.37. The Bertz CT molecular complexity index is 989. The summed E-state index contributed by atoms with van der Waals surface area (Å²) in [5.41, 5.74) is 1.75. The first-order valence-electron chi connectivity index (χ1n) is 9.17. The highest BCUT2D eigenvalue weighted by atomic mass is 32.2. The third kappa shape index (κ3) is 5.34. The number of hydrogen-bond acceptors (Lipinski definition) is 6. The molecule has 1 aromatic carbocycles. The van der Waals surface area contributed by atoms with Crippen LogP contribution in [0.25, 0.3) is 0 Å². The molecule has 2 heterocycles. The lowest BCUT2D eigenvalue weighted by molar-refractivity contribution is -0.136. The zero-order valence-corrected chi connectivity index (χ0v) is 17.6. The molecule has 0 aliphatic carbocycles. The fraction of sp³-hybridized carbons (Fsp3) is 0.368. The summed E-state index contributed by atoms with van der Waals surface area (Å²) in [5, 5.41) is 16.8. The number of nitrogens with one attached hydrogen (secondary N) is 2. The Labute approximate surface area is 173 Å². The van der Waals surface area contributed by atoms with Crippen LogP contribution < -0.4 is 14.9 Å². The van der Waals surface area contributed by atoms with Gasteiger partial charge in [0.2, 0.25) is 10.0 Å². The van der Waals surface area contributed by atoms with E-state index in [1.165, 1.54) is 15.6 Å². The second-order valence-corrected chi connectivity index (χ2v) is 9.70. The van der Waals surface area contributed by atoms with Gasteiger partial charge in [0, 0.05) is 23.7 Å². The van der Waals surface area contributed by atoms with Crippen molar-refractivity contribution in [1.29, 1.82) is 0 Å². The van der Waals surface area contributed by atoms with Gasteiger partial charge in [-0.25, -0.2) is 8.42 Å². The second-order valence-electron chi connectivity index (χ2n) is 6.81. The zero-order valence-electron chi connectivity index (χ0n) is 15.9. The van der Waals surface area contributed by atoms with E-state index in [2.05, 4.69) is 10.6 Å². The molecule has 1 aromatic heterocycles. The van der Waals surface area contributed by atoms with Crippen LogP contribution in [0.15, 0.2) is 35.7 Å². The van der Waals surface area contributed by atoms with Crippen LogP contribution in [0.4, 0.5) is 11.4 Å². The van der Waals surface area contributed by atoms with E-state index in [0.29, 0.717) is 24.3 Å². The number of anilines is 2. The Morgan fingerprint density at radius 2 is 2.07 bits per heavy atom. The molecule has 1 unspecified atom stereocenters. The smallest absolute Gasteiger partial charge is 0.313 e. The van der Waals surface area contributed by atoms with Crippen molar-refractivity contribution in [2.24, 2.45) is 0 Å². The first-order chi connectivity index (χ1) is 13.8. The number of carbonyl (C=O) groups excluding carboxylic acids is 2. The van der Waals surface area contributed by atoms with Crippen LogP contribution in [0.2, 0.25) is 0 Å². The van der Waals surface area contributed by atoms with Crippen LogP contribution in [0.5, 0.6) is 0 Å². The van der Waals surface area contributed by atoms with E-state index in [1.807, 2.05) is 11.4 Å². The van der Waals surface area contributed by atoms with E-state index < -0.39 is 27.9 Å². The molecule has 1 aliphatic rings. The SMILES string of the molecule is CS(=O)(=O)N1CCCc2ccc(NC(=O)C(=O)NCCC(O)c3cccs3)cc21. The molecule has 0 fully saturated rings. The van der Waals surface area contributed by atoms with E-state index in [9.17, 15) is 23.1 Å². The maximum Gasteiger partial charge on any atom is 0.313 e. The molecule has 1 aliphatic heterocycles. The van der Waals surface area contributed by atoms with E-state index in [-0.39, 0.29) is 6.54 Å². The highest BCUT2D eigenvalue weighted by Crippen LogP contribution is 2.31. The lowest BCUT2D eigenvalue weighted by atomic mass is 10.0. The predicted octanol–water partition coefficient (Wildman–Crippen LogP) is 1.64. The molecule has 0 bridgehead atoms. The van der Waals surface area contributed by atoms with Crippen molar-refractivity contribution in [2.75, 3.05) is 29.0 Å². The summed E-state index contributed by atoms with van der Waals surface area (Å²) in [7, 11) is -3.42. The molecule has 8 nitrogen and oxygen atoms in total. The average Bonchev–Trinajstić information content (AvgIpc) is 3.21. The van der Waals surface area contributed by atoms with Crippen molar-refractivity contribution >= 4 is 44.5 Å². The number of thiophene rings is 1. The summed E-state index contributed by atoms with van der Waals surface area (Å²) in [5.74, 6) is -1.67. The standard InChI is InChI=1S/C19H23N3O5S2/c1-29(26,27)22-10-2-4-13-6-7-14(12-15(13)22)21-19(25)18(24)20-9-8-16(23)17-5-3-11-28-17/h3,5-7,11-12,16,23H,2,4,8-10H2,1H3,(H,20,24)(H,21,25). The molecular formula is C19H23N3O5S2. The average molecular weight is 438 g/mol. The number of nitrogens with zero attached hydrogens (tertiary/aromatic N) is 1. The Morgan fingerprint density at radius 1 is 1.28 bits per heavy atom. The summed E-state index contributed by atoms with van der Waals surface area (Å²) in [6, 6.07) is 8.62. The molecular weight excluding hydrogens is 414 g/mol. The van der Waals surface area contributed by atoms with Crippen molar-refractivity contribution in [2.45, 2.75) is 25.4 Å². The normalized spacial score (nSPS) is 14.8. The highest BCUT2D eigenvalue weighted by Gasteiger charge is 2.25. The van der Waals surface area contributed by atoms with Crippen molar-refractivity contribution in [3.05, 3.63) is 46.2 Å². The quantitative estimate of drug-likeness (QED) is 0.594. The molecule has 2 amide bonds. The molecule has 0 saturated carbocycles. The van der Waals surface area contributed by atoms with Crippen molar-refractivity contribution in [1.82, 2.24) is 5.32 Å². The van der Waals surface area contributed by atoms with Crippen LogP contribution >= 0.6 is 11.3 Å². The Hall–Kier alpha value is -2.43. The number of sulfonamides is 1. The third-order valence-electron chi connectivity index (χ3n) is 4.60. The number of rotatable bonds is 6. The number of fused-ring (bicyclic) bond motifs is 1. The van der Waals surface area contributed by atoms with Crippen LogP contribution in [0.1, 0.15) is 29.4 Å². The Kier molecular flexibility index (Phi) is 6.56. The topological polar surface area (TPSA) is 116 Å². The fourth-order valence-electron chi connectivity index (χ4n) is 3.18. The van der Waals surface area contributed by atoms with Crippen molar-refractivity contribution in [3.63, 3.8) is 0 Å². The molecule has 10 heteroatoms. The van der Waals surface area contributed by atoms with Gasteiger partial charge in [-0.3, -0.25) is 13.9 Å². The lowest BCUT2D eigenvalue weighted by Gasteiger charge is -2.29. The van der Waals surface area contributed by atoms with Crippen LogP contribution in [0.3, 0.4) is 0 Å². The minimum atomic E-state index is -3.42.